The normalized spacial score (nSPS) is 23.1. The fourth-order valence-corrected chi connectivity index (χ4v) is 3.03. The van der Waals surface area contributed by atoms with Crippen LogP contribution in [0.1, 0.15) is 24.0 Å². The number of nitrogens with one attached hydrogen (secondary N) is 3. The molecule has 2 aliphatic rings. The summed E-state index contributed by atoms with van der Waals surface area (Å²) in [6.45, 7) is 1.97. The van der Waals surface area contributed by atoms with E-state index in [4.69, 9.17) is 4.74 Å². The summed E-state index contributed by atoms with van der Waals surface area (Å²) in [5.74, 6) is -0.308. The van der Waals surface area contributed by atoms with Gasteiger partial charge in [-0.05, 0) is 30.4 Å². The summed E-state index contributed by atoms with van der Waals surface area (Å²) in [7, 11) is 0. The van der Waals surface area contributed by atoms with E-state index < -0.39 is 0 Å². The molecule has 23 heavy (non-hydrogen) atoms. The topological polar surface area (TPSA) is 79.5 Å². The van der Waals surface area contributed by atoms with Gasteiger partial charge in [-0.1, -0.05) is 24.3 Å². The number of hydrogen-bond acceptors (Lipinski definition) is 4. The maximum absolute atomic E-state index is 12.2. The van der Waals surface area contributed by atoms with Crippen molar-refractivity contribution in [1.82, 2.24) is 16.0 Å². The Morgan fingerprint density at radius 1 is 1.22 bits per heavy atom. The highest BCUT2D eigenvalue weighted by molar-refractivity contribution is 5.87. The van der Waals surface area contributed by atoms with E-state index >= 15 is 0 Å². The zero-order chi connectivity index (χ0) is 16.1. The summed E-state index contributed by atoms with van der Waals surface area (Å²) in [5.41, 5.74) is 2.42. The highest BCUT2D eigenvalue weighted by atomic mass is 16.5. The first-order valence-corrected chi connectivity index (χ1v) is 8.18. The van der Waals surface area contributed by atoms with Crippen LogP contribution in [0.15, 0.2) is 24.3 Å². The fourth-order valence-electron chi connectivity index (χ4n) is 3.03. The molecule has 0 spiro atoms. The molecule has 2 aliphatic heterocycles. The number of benzene rings is 1. The van der Waals surface area contributed by atoms with E-state index in [1.165, 1.54) is 11.1 Å². The smallest absolute Gasteiger partial charge is 0.239 e. The molecular formula is C17H23N3O3. The fraction of sp³-hybridized carbons (Fsp3) is 0.529. The highest BCUT2D eigenvalue weighted by Gasteiger charge is 2.24. The van der Waals surface area contributed by atoms with Crippen LogP contribution in [0.4, 0.5) is 0 Å². The molecule has 1 fully saturated rings. The van der Waals surface area contributed by atoms with Crippen LogP contribution < -0.4 is 16.0 Å². The highest BCUT2D eigenvalue weighted by Crippen LogP contribution is 2.16. The van der Waals surface area contributed by atoms with Crippen molar-refractivity contribution in [3.8, 4) is 0 Å². The van der Waals surface area contributed by atoms with Crippen LogP contribution in [-0.2, 0) is 27.3 Å². The predicted molar refractivity (Wildman–Crippen MR) is 85.8 cm³/mol. The average molecular weight is 317 g/mol. The summed E-state index contributed by atoms with van der Waals surface area (Å²) in [6.07, 6.45) is 2.80. The van der Waals surface area contributed by atoms with E-state index in [0.717, 1.165) is 19.4 Å². The molecule has 1 aromatic rings. The molecule has 2 amide bonds. The predicted octanol–water partition coefficient (Wildman–Crippen LogP) is 0.112. The van der Waals surface area contributed by atoms with Crippen molar-refractivity contribution in [2.75, 3.05) is 19.7 Å². The molecule has 0 saturated carbocycles. The number of hydrogen-bond donors (Lipinski definition) is 3. The van der Waals surface area contributed by atoms with Crippen molar-refractivity contribution in [1.29, 1.82) is 0 Å². The van der Waals surface area contributed by atoms with Gasteiger partial charge in [-0.25, -0.2) is 0 Å². The van der Waals surface area contributed by atoms with Gasteiger partial charge < -0.3 is 20.7 Å². The van der Waals surface area contributed by atoms with Crippen molar-refractivity contribution in [2.45, 2.75) is 38.0 Å². The summed E-state index contributed by atoms with van der Waals surface area (Å²) >= 11 is 0. The van der Waals surface area contributed by atoms with Crippen molar-refractivity contribution in [3.05, 3.63) is 35.4 Å². The Morgan fingerprint density at radius 3 is 2.83 bits per heavy atom. The van der Waals surface area contributed by atoms with E-state index in [-0.39, 0.29) is 30.5 Å². The molecule has 0 unspecified atom stereocenters. The third-order valence-electron chi connectivity index (χ3n) is 4.37. The van der Waals surface area contributed by atoms with Gasteiger partial charge in [0.05, 0.1) is 18.7 Å². The number of amides is 2. The lowest BCUT2D eigenvalue weighted by atomic mass is 9.95. The van der Waals surface area contributed by atoms with Crippen LogP contribution in [0.3, 0.4) is 0 Å². The van der Waals surface area contributed by atoms with E-state index in [2.05, 4.69) is 22.0 Å². The number of rotatable bonds is 5. The second kappa shape index (κ2) is 7.57. The maximum atomic E-state index is 12.2. The van der Waals surface area contributed by atoms with Crippen LogP contribution in [0, 0.1) is 0 Å². The number of ether oxygens (including phenoxy) is 1. The molecule has 0 aliphatic carbocycles. The Kier molecular flexibility index (Phi) is 5.25. The van der Waals surface area contributed by atoms with E-state index in [1.807, 2.05) is 18.2 Å². The summed E-state index contributed by atoms with van der Waals surface area (Å²) < 4.78 is 5.45. The molecule has 3 rings (SSSR count). The molecule has 0 radical (unpaired) electrons. The maximum Gasteiger partial charge on any atom is 0.239 e. The zero-order valence-corrected chi connectivity index (χ0v) is 13.1. The number of fused-ring (bicyclic) bond motifs is 1. The standard InChI is InChI=1S/C17H23N3O3/c21-16(19-10-14-6-3-7-23-14)11-20-17(22)15-8-12-4-1-2-5-13(12)9-18-15/h1-2,4-5,14-15,18H,3,6-11H2,(H,19,21)(H,20,22)/t14-,15+/m1/s1. The van der Waals surface area contributed by atoms with Crippen molar-refractivity contribution in [3.63, 3.8) is 0 Å². The van der Waals surface area contributed by atoms with Crippen LogP contribution >= 0.6 is 0 Å². The molecular weight excluding hydrogens is 294 g/mol. The molecule has 124 valence electrons. The third-order valence-corrected chi connectivity index (χ3v) is 4.37. The zero-order valence-electron chi connectivity index (χ0n) is 13.1. The lowest BCUT2D eigenvalue weighted by Crippen LogP contribution is -2.50. The monoisotopic (exact) mass is 317 g/mol. The van der Waals surface area contributed by atoms with Gasteiger partial charge in [0.25, 0.3) is 0 Å². The Hall–Kier alpha value is -1.92. The largest absolute Gasteiger partial charge is 0.376 e. The van der Waals surface area contributed by atoms with Crippen LogP contribution in [0.5, 0.6) is 0 Å². The average Bonchev–Trinajstić information content (AvgIpc) is 3.11. The Bertz CT molecular complexity index is 570. The van der Waals surface area contributed by atoms with Crippen molar-refractivity contribution >= 4 is 11.8 Å². The van der Waals surface area contributed by atoms with Gasteiger partial charge in [0.2, 0.25) is 11.8 Å². The van der Waals surface area contributed by atoms with Gasteiger partial charge in [0.15, 0.2) is 0 Å². The van der Waals surface area contributed by atoms with Gasteiger partial charge in [-0.2, -0.15) is 0 Å². The molecule has 6 heteroatoms. The number of carbonyl (C=O) groups is 2. The Labute approximate surface area is 136 Å². The Morgan fingerprint density at radius 2 is 2.04 bits per heavy atom. The minimum atomic E-state index is -0.282. The third kappa shape index (κ3) is 4.30. The molecule has 3 N–H and O–H groups in total. The van der Waals surface area contributed by atoms with Crippen LogP contribution in [0.25, 0.3) is 0 Å². The van der Waals surface area contributed by atoms with Gasteiger partial charge >= 0.3 is 0 Å². The van der Waals surface area contributed by atoms with Crippen molar-refractivity contribution < 1.29 is 14.3 Å². The SMILES string of the molecule is O=C(CNC(=O)[C@@H]1Cc2ccccc2CN1)NC[C@H]1CCCO1. The molecule has 1 saturated heterocycles. The number of carbonyl (C=O) groups excluding carboxylic acids is 2. The molecule has 6 nitrogen and oxygen atoms in total. The second-order valence-corrected chi connectivity index (χ2v) is 6.06. The van der Waals surface area contributed by atoms with Gasteiger partial charge in [0.1, 0.15) is 0 Å². The van der Waals surface area contributed by atoms with Crippen LogP contribution in [-0.4, -0.2) is 43.7 Å². The Balaban J connectivity index is 1.40. The molecule has 2 atom stereocenters. The van der Waals surface area contributed by atoms with E-state index in [9.17, 15) is 9.59 Å². The summed E-state index contributed by atoms with van der Waals surface area (Å²) in [4.78, 5) is 24.0. The van der Waals surface area contributed by atoms with Gasteiger partial charge in [-0.15, -0.1) is 0 Å². The van der Waals surface area contributed by atoms with Crippen LogP contribution in [0.2, 0.25) is 0 Å². The summed E-state index contributed by atoms with van der Waals surface area (Å²) in [5, 5.41) is 8.72. The van der Waals surface area contributed by atoms with Gasteiger partial charge in [0, 0.05) is 19.7 Å². The first kappa shape index (κ1) is 16.0. The minimum Gasteiger partial charge on any atom is -0.376 e. The van der Waals surface area contributed by atoms with E-state index in [1.54, 1.807) is 0 Å². The molecule has 0 bridgehead atoms. The summed E-state index contributed by atoms with van der Waals surface area (Å²) in [6, 6.07) is 7.81. The molecule has 2 heterocycles. The lowest BCUT2D eigenvalue weighted by molar-refractivity contribution is -0.127. The van der Waals surface area contributed by atoms with Gasteiger partial charge in [-0.3, -0.25) is 9.59 Å². The first-order chi connectivity index (χ1) is 11.2. The minimum absolute atomic E-state index is 0.00534. The second-order valence-electron chi connectivity index (χ2n) is 6.06. The van der Waals surface area contributed by atoms with E-state index in [0.29, 0.717) is 19.5 Å². The molecule has 0 aromatic heterocycles. The van der Waals surface area contributed by atoms with Crippen molar-refractivity contribution in [2.24, 2.45) is 0 Å². The first-order valence-electron chi connectivity index (χ1n) is 8.18. The lowest BCUT2D eigenvalue weighted by Gasteiger charge is -2.25. The quantitative estimate of drug-likeness (QED) is 0.720. The molecule has 1 aromatic carbocycles.